The maximum atomic E-state index is 5.23. The Hall–Kier alpha value is -0.810. The number of hydrogen-bond acceptors (Lipinski definition) is 3. The van der Waals surface area contributed by atoms with Crippen molar-refractivity contribution in [1.82, 2.24) is 10.3 Å². The number of rotatable bonds is 4. The fourth-order valence-corrected chi connectivity index (χ4v) is 0.710. The summed E-state index contributed by atoms with van der Waals surface area (Å²) in [5, 5.41) is 0. The number of nitrogens with one attached hydrogen (secondary N) is 1. The molecule has 72 valence electrons. The number of nitrogens with zero attached hydrogens (tertiary/aromatic N) is 2. The van der Waals surface area contributed by atoms with Gasteiger partial charge in [-0.1, -0.05) is 0 Å². The molecule has 0 fully saturated rings. The summed E-state index contributed by atoms with van der Waals surface area (Å²) in [6.07, 6.45) is 0.912. The fourth-order valence-electron chi connectivity index (χ4n) is 0.710. The molecular formula is C7H18N4O. The van der Waals surface area contributed by atoms with Gasteiger partial charge in [0.25, 0.3) is 0 Å². The van der Waals surface area contributed by atoms with Crippen molar-refractivity contribution >= 4 is 5.96 Å². The van der Waals surface area contributed by atoms with Crippen molar-refractivity contribution in [1.29, 1.82) is 0 Å². The monoisotopic (exact) mass is 174 g/mol. The van der Waals surface area contributed by atoms with Gasteiger partial charge >= 0.3 is 0 Å². The number of hydrogen-bond donors (Lipinski definition) is 2. The van der Waals surface area contributed by atoms with Crippen molar-refractivity contribution in [2.75, 3.05) is 34.4 Å². The normalized spacial score (nSPS) is 11.5. The molecule has 0 amide bonds. The van der Waals surface area contributed by atoms with Crippen molar-refractivity contribution < 1.29 is 4.74 Å². The van der Waals surface area contributed by atoms with Crippen LogP contribution in [0.3, 0.4) is 0 Å². The van der Waals surface area contributed by atoms with Crippen LogP contribution in [0.25, 0.3) is 0 Å². The Morgan fingerprint density at radius 2 is 2.25 bits per heavy atom. The third-order valence-corrected chi connectivity index (χ3v) is 1.32. The Labute approximate surface area is 73.6 Å². The van der Waals surface area contributed by atoms with Gasteiger partial charge in [-0.15, -0.1) is 0 Å². The maximum absolute atomic E-state index is 5.23. The molecule has 0 aromatic carbocycles. The van der Waals surface area contributed by atoms with E-state index in [4.69, 9.17) is 10.6 Å². The van der Waals surface area contributed by atoms with Crippen LogP contribution >= 0.6 is 0 Å². The average Bonchev–Trinajstić information content (AvgIpc) is 2.04. The summed E-state index contributed by atoms with van der Waals surface area (Å²) < 4.78 is 4.88. The van der Waals surface area contributed by atoms with E-state index in [1.165, 1.54) is 0 Å². The van der Waals surface area contributed by atoms with Gasteiger partial charge in [0.15, 0.2) is 0 Å². The fraction of sp³-hybridized carbons (Fsp3) is 0.857. The minimum Gasteiger partial charge on any atom is -0.385 e. The molecule has 0 bridgehead atoms. The van der Waals surface area contributed by atoms with E-state index < -0.39 is 0 Å². The molecule has 0 spiro atoms. The minimum absolute atomic E-state index is 0.686. The molecule has 0 aliphatic carbocycles. The highest BCUT2D eigenvalue weighted by atomic mass is 16.5. The highest BCUT2D eigenvalue weighted by Crippen LogP contribution is 1.84. The zero-order chi connectivity index (χ0) is 9.40. The van der Waals surface area contributed by atoms with Crippen LogP contribution in [0.2, 0.25) is 0 Å². The second-order valence-corrected chi connectivity index (χ2v) is 2.59. The van der Waals surface area contributed by atoms with Gasteiger partial charge in [0.05, 0.1) is 0 Å². The van der Waals surface area contributed by atoms with Gasteiger partial charge in [-0.05, 0) is 6.42 Å². The first kappa shape index (κ1) is 11.2. The lowest BCUT2D eigenvalue weighted by Crippen LogP contribution is -2.40. The molecule has 0 radical (unpaired) electrons. The molecule has 0 unspecified atom stereocenters. The van der Waals surface area contributed by atoms with Crippen LogP contribution in [0.1, 0.15) is 6.42 Å². The molecule has 0 saturated carbocycles. The molecule has 5 heteroatoms. The summed E-state index contributed by atoms with van der Waals surface area (Å²) >= 11 is 0. The van der Waals surface area contributed by atoms with Crippen LogP contribution in [0, 0.1) is 0 Å². The van der Waals surface area contributed by atoms with E-state index in [1.54, 1.807) is 7.11 Å². The number of ether oxygens (including phenoxy) is 1. The lowest BCUT2D eigenvalue weighted by molar-refractivity contribution is 0.197. The molecule has 3 N–H and O–H groups in total. The summed E-state index contributed by atoms with van der Waals surface area (Å²) in [5.41, 5.74) is 2.51. The molecule has 0 rings (SSSR count). The third-order valence-electron chi connectivity index (χ3n) is 1.32. The Bertz CT molecular complexity index is 135. The standard InChI is InChI=1S/C7H18N4O/c1-11(2)7(10-8)9-5-4-6-12-3/h4-6,8H2,1-3H3,(H,9,10). The first-order valence-corrected chi connectivity index (χ1v) is 3.89. The van der Waals surface area contributed by atoms with Crippen molar-refractivity contribution in [3.63, 3.8) is 0 Å². The van der Waals surface area contributed by atoms with E-state index in [0.29, 0.717) is 5.96 Å². The summed E-state index contributed by atoms with van der Waals surface area (Å²) in [5.74, 6) is 5.92. The number of aliphatic imine (C=N–C) groups is 1. The average molecular weight is 174 g/mol. The zero-order valence-corrected chi connectivity index (χ0v) is 8.00. The van der Waals surface area contributed by atoms with E-state index in [2.05, 4.69) is 10.4 Å². The molecule has 0 atom stereocenters. The summed E-state index contributed by atoms with van der Waals surface area (Å²) in [7, 11) is 5.45. The quantitative estimate of drug-likeness (QED) is 0.196. The second-order valence-electron chi connectivity index (χ2n) is 2.59. The summed E-state index contributed by atoms with van der Waals surface area (Å²) in [6.45, 7) is 1.46. The van der Waals surface area contributed by atoms with Crippen LogP contribution < -0.4 is 11.3 Å². The zero-order valence-electron chi connectivity index (χ0n) is 8.00. The van der Waals surface area contributed by atoms with Gasteiger partial charge in [-0.2, -0.15) is 0 Å². The van der Waals surface area contributed by atoms with Crippen LogP contribution in [-0.2, 0) is 4.74 Å². The predicted octanol–water partition coefficient (Wildman–Crippen LogP) is -0.596. The Kier molecular flexibility index (Phi) is 6.41. The van der Waals surface area contributed by atoms with Gasteiger partial charge in [0.2, 0.25) is 5.96 Å². The van der Waals surface area contributed by atoms with Crippen molar-refractivity contribution in [2.45, 2.75) is 6.42 Å². The van der Waals surface area contributed by atoms with Crippen LogP contribution in [0.15, 0.2) is 4.99 Å². The van der Waals surface area contributed by atoms with Gasteiger partial charge in [-0.3, -0.25) is 10.4 Å². The Morgan fingerprint density at radius 1 is 1.58 bits per heavy atom. The van der Waals surface area contributed by atoms with Crippen molar-refractivity contribution in [2.24, 2.45) is 10.8 Å². The summed E-state index contributed by atoms with van der Waals surface area (Å²) in [6, 6.07) is 0. The lowest BCUT2D eigenvalue weighted by Gasteiger charge is -2.14. The molecule has 0 aromatic rings. The van der Waals surface area contributed by atoms with E-state index in [1.807, 2.05) is 19.0 Å². The largest absolute Gasteiger partial charge is 0.385 e. The third kappa shape index (κ3) is 4.92. The first-order chi connectivity index (χ1) is 5.72. The van der Waals surface area contributed by atoms with Gasteiger partial charge < -0.3 is 9.64 Å². The van der Waals surface area contributed by atoms with Gasteiger partial charge in [0.1, 0.15) is 0 Å². The Morgan fingerprint density at radius 3 is 2.67 bits per heavy atom. The maximum Gasteiger partial charge on any atom is 0.207 e. The van der Waals surface area contributed by atoms with E-state index in [-0.39, 0.29) is 0 Å². The molecule has 0 heterocycles. The second kappa shape index (κ2) is 6.87. The summed E-state index contributed by atoms with van der Waals surface area (Å²) in [4.78, 5) is 6.03. The van der Waals surface area contributed by atoms with Crippen LogP contribution in [0.4, 0.5) is 0 Å². The van der Waals surface area contributed by atoms with E-state index in [0.717, 1.165) is 19.6 Å². The number of nitrogens with two attached hydrogens (primary N) is 1. The molecule has 0 aliphatic heterocycles. The highest BCUT2D eigenvalue weighted by Gasteiger charge is 1.95. The molecular weight excluding hydrogens is 156 g/mol. The lowest BCUT2D eigenvalue weighted by atomic mass is 10.5. The Balaban J connectivity index is 3.63. The van der Waals surface area contributed by atoms with E-state index >= 15 is 0 Å². The SMILES string of the molecule is COCCCN=C(NN)N(C)C. The van der Waals surface area contributed by atoms with Gasteiger partial charge in [-0.25, -0.2) is 5.84 Å². The molecule has 0 aliphatic rings. The molecule has 0 aromatic heterocycles. The topological polar surface area (TPSA) is 62.9 Å². The smallest absolute Gasteiger partial charge is 0.207 e. The molecule has 0 saturated heterocycles. The number of hydrazine groups is 1. The number of methoxy groups -OCH3 is 1. The van der Waals surface area contributed by atoms with Crippen molar-refractivity contribution in [3.8, 4) is 0 Å². The van der Waals surface area contributed by atoms with Gasteiger partial charge in [0, 0.05) is 34.4 Å². The first-order valence-electron chi connectivity index (χ1n) is 3.89. The van der Waals surface area contributed by atoms with Crippen LogP contribution in [0.5, 0.6) is 0 Å². The van der Waals surface area contributed by atoms with E-state index in [9.17, 15) is 0 Å². The molecule has 5 nitrogen and oxygen atoms in total. The van der Waals surface area contributed by atoms with Crippen LogP contribution in [-0.4, -0.2) is 45.2 Å². The number of guanidine groups is 1. The minimum atomic E-state index is 0.686. The molecule has 12 heavy (non-hydrogen) atoms. The van der Waals surface area contributed by atoms with Crippen molar-refractivity contribution in [3.05, 3.63) is 0 Å². The highest BCUT2D eigenvalue weighted by molar-refractivity contribution is 5.78. The predicted molar refractivity (Wildman–Crippen MR) is 49.8 cm³/mol.